The van der Waals surface area contributed by atoms with E-state index in [-0.39, 0.29) is 18.1 Å². The second kappa shape index (κ2) is 3.46. The highest BCUT2D eigenvalue weighted by Crippen LogP contribution is 2.40. The molecule has 0 aromatic heterocycles. The zero-order valence-electron chi connectivity index (χ0n) is 8.56. The van der Waals surface area contributed by atoms with Crippen molar-refractivity contribution in [2.75, 3.05) is 0 Å². The first kappa shape index (κ1) is 9.10. The number of hydrogen-bond acceptors (Lipinski definition) is 2. The standard InChI is InChI=1S/C13H14O2/c14-8-9-5-6-11-10-3-1-2-4-12(10)15-13(11)7-9/h1-4,8-9,12-13H,5-7H2. The van der Waals surface area contributed by atoms with Crippen molar-refractivity contribution in [3.8, 4) is 0 Å². The molecule has 78 valence electrons. The quantitative estimate of drug-likeness (QED) is 0.609. The van der Waals surface area contributed by atoms with Gasteiger partial charge in [0, 0.05) is 5.92 Å². The topological polar surface area (TPSA) is 26.3 Å². The van der Waals surface area contributed by atoms with Crippen LogP contribution < -0.4 is 0 Å². The lowest BCUT2D eigenvalue weighted by atomic mass is 9.82. The van der Waals surface area contributed by atoms with Crippen LogP contribution in [0.2, 0.25) is 0 Å². The van der Waals surface area contributed by atoms with Crippen molar-refractivity contribution < 1.29 is 9.53 Å². The Morgan fingerprint density at radius 2 is 2.33 bits per heavy atom. The van der Waals surface area contributed by atoms with Crippen molar-refractivity contribution in [2.24, 2.45) is 5.92 Å². The molecule has 2 heteroatoms. The van der Waals surface area contributed by atoms with Gasteiger partial charge in [-0.25, -0.2) is 0 Å². The van der Waals surface area contributed by atoms with Crippen LogP contribution in [0.4, 0.5) is 0 Å². The summed E-state index contributed by atoms with van der Waals surface area (Å²) >= 11 is 0. The third kappa shape index (κ3) is 1.40. The summed E-state index contributed by atoms with van der Waals surface area (Å²) in [7, 11) is 0. The molecule has 3 aliphatic rings. The number of hydrogen-bond donors (Lipinski definition) is 0. The largest absolute Gasteiger partial charge is 0.362 e. The van der Waals surface area contributed by atoms with E-state index in [0.717, 1.165) is 25.5 Å². The fourth-order valence-corrected chi connectivity index (χ4v) is 2.74. The van der Waals surface area contributed by atoms with Crippen molar-refractivity contribution >= 4 is 6.29 Å². The lowest BCUT2D eigenvalue weighted by Crippen LogP contribution is -2.23. The predicted molar refractivity (Wildman–Crippen MR) is 57.4 cm³/mol. The third-order valence-corrected chi connectivity index (χ3v) is 3.54. The predicted octanol–water partition coefficient (Wildman–Crippen LogP) is 2.18. The normalized spacial score (nSPS) is 37.7. The Kier molecular flexibility index (Phi) is 2.10. The maximum absolute atomic E-state index is 10.8. The van der Waals surface area contributed by atoms with Gasteiger partial charge in [0.05, 0.1) is 6.10 Å². The fourth-order valence-electron chi connectivity index (χ4n) is 2.74. The maximum Gasteiger partial charge on any atom is 0.123 e. The van der Waals surface area contributed by atoms with Gasteiger partial charge in [-0.15, -0.1) is 0 Å². The molecule has 1 heterocycles. The summed E-state index contributed by atoms with van der Waals surface area (Å²) in [6.45, 7) is 0. The zero-order chi connectivity index (χ0) is 10.3. The number of aldehydes is 1. The summed E-state index contributed by atoms with van der Waals surface area (Å²) in [6.07, 6.45) is 12.7. The fraction of sp³-hybridized carbons (Fsp3) is 0.462. The molecule has 15 heavy (non-hydrogen) atoms. The Morgan fingerprint density at radius 1 is 1.40 bits per heavy atom. The average Bonchev–Trinajstić information content (AvgIpc) is 2.66. The van der Waals surface area contributed by atoms with Gasteiger partial charge in [-0.05, 0) is 30.4 Å². The monoisotopic (exact) mass is 202 g/mol. The first-order chi connectivity index (χ1) is 7.38. The van der Waals surface area contributed by atoms with E-state index in [4.69, 9.17) is 4.74 Å². The van der Waals surface area contributed by atoms with Gasteiger partial charge in [-0.2, -0.15) is 0 Å². The van der Waals surface area contributed by atoms with Crippen molar-refractivity contribution in [3.63, 3.8) is 0 Å². The van der Waals surface area contributed by atoms with E-state index in [0.29, 0.717) is 0 Å². The van der Waals surface area contributed by atoms with Crippen LogP contribution in [0.1, 0.15) is 19.3 Å². The minimum Gasteiger partial charge on any atom is -0.362 e. The van der Waals surface area contributed by atoms with Crippen LogP contribution in [-0.4, -0.2) is 18.5 Å². The van der Waals surface area contributed by atoms with Crippen LogP contribution in [0, 0.1) is 5.92 Å². The highest BCUT2D eigenvalue weighted by atomic mass is 16.5. The summed E-state index contributed by atoms with van der Waals surface area (Å²) in [4.78, 5) is 10.8. The molecule has 2 aliphatic carbocycles. The summed E-state index contributed by atoms with van der Waals surface area (Å²) in [5, 5.41) is 0. The second-order valence-corrected chi connectivity index (χ2v) is 4.44. The molecule has 1 aliphatic heterocycles. The first-order valence-corrected chi connectivity index (χ1v) is 5.57. The average molecular weight is 202 g/mol. The Hall–Kier alpha value is -1.15. The molecular formula is C13H14O2. The van der Waals surface area contributed by atoms with Gasteiger partial charge >= 0.3 is 0 Å². The van der Waals surface area contributed by atoms with Crippen molar-refractivity contribution in [1.82, 2.24) is 0 Å². The molecular weight excluding hydrogens is 188 g/mol. The minimum absolute atomic E-state index is 0.153. The molecule has 0 radical (unpaired) electrons. The third-order valence-electron chi connectivity index (χ3n) is 3.54. The molecule has 0 aromatic carbocycles. The molecule has 3 rings (SSSR count). The van der Waals surface area contributed by atoms with Gasteiger partial charge in [0.1, 0.15) is 12.4 Å². The van der Waals surface area contributed by atoms with E-state index in [1.54, 1.807) is 0 Å². The molecule has 0 bridgehead atoms. The molecule has 2 nitrogen and oxygen atoms in total. The lowest BCUT2D eigenvalue weighted by Gasteiger charge is -2.24. The van der Waals surface area contributed by atoms with Gasteiger partial charge in [0.25, 0.3) is 0 Å². The lowest BCUT2D eigenvalue weighted by molar-refractivity contribution is -0.112. The van der Waals surface area contributed by atoms with Crippen molar-refractivity contribution in [2.45, 2.75) is 31.5 Å². The number of ether oxygens (including phenoxy) is 1. The SMILES string of the molecule is O=CC1CCC2=C3C=CC=CC3OC2C1. The molecule has 3 unspecified atom stereocenters. The molecule has 1 fully saturated rings. The van der Waals surface area contributed by atoms with Crippen LogP contribution >= 0.6 is 0 Å². The Labute approximate surface area is 89.3 Å². The van der Waals surface area contributed by atoms with Gasteiger partial charge < -0.3 is 9.53 Å². The van der Waals surface area contributed by atoms with Crippen LogP contribution in [0.25, 0.3) is 0 Å². The number of allylic oxidation sites excluding steroid dienone is 2. The number of rotatable bonds is 1. The molecule has 0 amide bonds. The zero-order valence-corrected chi connectivity index (χ0v) is 8.56. The molecule has 1 saturated carbocycles. The smallest absolute Gasteiger partial charge is 0.123 e. The van der Waals surface area contributed by atoms with Gasteiger partial charge in [-0.3, -0.25) is 0 Å². The van der Waals surface area contributed by atoms with E-state index in [1.165, 1.54) is 11.1 Å². The summed E-state index contributed by atoms with van der Waals surface area (Å²) in [6, 6.07) is 0. The van der Waals surface area contributed by atoms with E-state index >= 15 is 0 Å². The Bertz CT molecular complexity index is 376. The molecule has 0 saturated heterocycles. The molecule has 3 atom stereocenters. The Balaban J connectivity index is 1.89. The summed E-state index contributed by atoms with van der Waals surface area (Å²) in [5.74, 6) is 0.201. The second-order valence-electron chi connectivity index (χ2n) is 4.44. The van der Waals surface area contributed by atoms with Crippen molar-refractivity contribution in [3.05, 3.63) is 35.5 Å². The summed E-state index contributed by atoms with van der Waals surface area (Å²) < 4.78 is 5.93. The molecule has 0 spiro atoms. The van der Waals surface area contributed by atoms with Gasteiger partial charge in [0.2, 0.25) is 0 Å². The van der Waals surface area contributed by atoms with Crippen molar-refractivity contribution in [1.29, 1.82) is 0 Å². The molecule has 0 aromatic rings. The van der Waals surface area contributed by atoms with E-state index < -0.39 is 0 Å². The van der Waals surface area contributed by atoms with Gasteiger partial charge in [-0.1, -0.05) is 24.3 Å². The number of carbonyl (C=O) groups excluding carboxylic acids is 1. The van der Waals surface area contributed by atoms with Crippen LogP contribution in [0.5, 0.6) is 0 Å². The number of fused-ring (bicyclic) bond motifs is 2. The van der Waals surface area contributed by atoms with Crippen LogP contribution in [0.3, 0.4) is 0 Å². The molecule has 0 N–H and O–H groups in total. The highest BCUT2D eigenvalue weighted by molar-refractivity contribution is 5.55. The maximum atomic E-state index is 10.8. The van der Waals surface area contributed by atoms with Crippen LogP contribution in [0.15, 0.2) is 35.5 Å². The van der Waals surface area contributed by atoms with E-state index in [2.05, 4.69) is 18.2 Å². The summed E-state index contributed by atoms with van der Waals surface area (Å²) in [5.41, 5.74) is 2.77. The van der Waals surface area contributed by atoms with E-state index in [9.17, 15) is 4.79 Å². The minimum atomic E-state index is 0.153. The Morgan fingerprint density at radius 3 is 3.20 bits per heavy atom. The van der Waals surface area contributed by atoms with E-state index in [1.807, 2.05) is 6.08 Å². The highest BCUT2D eigenvalue weighted by Gasteiger charge is 2.36. The first-order valence-electron chi connectivity index (χ1n) is 5.57. The number of carbonyl (C=O) groups is 1. The van der Waals surface area contributed by atoms with Gasteiger partial charge in [0.15, 0.2) is 0 Å². The van der Waals surface area contributed by atoms with Crippen LogP contribution in [-0.2, 0) is 9.53 Å².